The van der Waals surface area contributed by atoms with Crippen molar-refractivity contribution in [3.8, 4) is 5.75 Å². The molecule has 0 N–H and O–H groups in total. The van der Waals surface area contributed by atoms with Gasteiger partial charge in [-0.1, -0.05) is 24.2 Å². The normalized spacial score (nSPS) is 14.0. The summed E-state index contributed by atoms with van der Waals surface area (Å²) >= 11 is 1.22. The molecule has 0 heterocycles. The van der Waals surface area contributed by atoms with Crippen LogP contribution < -0.4 is 4.52 Å². The Morgan fingerprint density at radius 1 is 1.24 bits per heavy atom. The van der Waals surface area contributed by atoms with Crippen LogP contribution in [0.5, 0.6) is 5.75 Å². The van der Waals surface area contributed by atoms with Crippen molar-refractivity contribution in [3.63, 3.8) is 0 Å². The molecule has 0 aliphatic rings. The molecule has 0 spiro atoms. The summed E-state index contributed by atoms with van der Waals surface area (Å²) in [6.07, 6.45) is 2.44. The zero-order valence-electron chi connectivity index (χ0n) is 12.7. The van der Waals surface area contributed by atoms with Gasteiger partial charge < -0.3 is 9.36 Å². The molecule has 21 heavy (non-hydrogen) atoms. The van der Waals surface area contributed by atoms with Gasteiger partial charge in [-0.25, -0.2) is 4.57 Å². The molecule has 5 nitrogen and oxygen atoms in total. The standard InChI is InChI=1S/C14H22NO4PS/c1-4-11-21-20(16,18-6-3)19-14-10-8-7-9-13(14)12-15-17-5-2/h7-10,12H,4-6,11H2,1-3H3. The van der Waals surface area contributed by atoms with Crippen molar-refractivity contribution in [3.05, 3.63) is 29.8 Å². The Hall–Kier alpha value is -0.970. The lowest BCUT2D eigenvalue weighted by atomic mass is 10.2. The molecule has 1 rings (SSSR count). The average Bonchev–Trinajstić information content (AvgIpc) is 2.47. The minimum atomic E-state index is -3.21. The van der Waals surface area contributed by atoms with Crippen LogP contribution >= 0.6 is 18.2 Å². The van der Waals surface area contributed by atoms with E-state index in [1.54, 1.807) is 19.2 Å². The second-order valence-corrected chi connectivity index (χ2v) is 8.10. The van der Waals surface area contributed by atoms with Crippen LogP contribution in [0, 0.1) is 0 Å². The number of para-hydroxylation sites is 1. The maximum Gasteiger partial charge on any atom is 0.440 e. The fraction of sp³-hybridized carbons (Fsp3) is 0.500. The van der Waals surface area contributed by atoms with E-state index in [0.717, 1.165) is 6.42 Å². The molecule has 1 aromatic carbocycles. The van der Waals surface area contributed by atoms with Crippen molar-refractivity contribution in [1.29, 1.82) is 0 Å². The molecule has 0 bridgehead atoms. The van der Waals surface area contributed by atoms with E-state index in [1.165, 1.54) is 11.4 Å². The van der Waals surface area contributed by atoms with Crippen LogP contribution in [0.1, 0.15) is 32.8 Å². The molecule has 0 aliphatic carbocycles. The largest absolute Gasteiger partial charge is 0.440 e. The van der Waals surface area contributed by atoms with Crippen LogP contribution in [0.4, 0.5) is 0 Å². The highest BCUT2D eigenvalue weighted by Crippen LogP contribution is 2.60. The average molecular weight is 331 g/mol. The zero-order chi connectivity index (χ0) is 15.6. The van der Waals surface area contributed by atoms with Crippen LogP contribution in [0.15, 0.2) is 29.4 Å². The van der Waals surface area contributed by atoms with Gasteiger partial charge in [0.05, 0.1) is 12.8 Å². The first-order chi connectivity index (χ1) is 10.1. The summed E-state index contributed by atoms with van der Waals surface area (Å²) in [6, 6.07) is 7.23. The van der Waals surface area contributed by atoms with Crippen molar-refractivity contribution in [2.75, 3.05) is 19.0 Å². The molecule has 0 aliphatic heterocycles. The third kappa shape index (κ3) is 6.55. The minimum absolute atomic E-state index is 0.337. The highest BCUT2D eigenvalue weighted by atomic mass is 32.7. The van der Waals surface area contributed by atoms with Gasteiger partial charge in [0.1, 0.15) is 12.4 Å². The summed E-state index contributed by atoms with van der Waals surface area (Å²) in [6.45, 7) is 3.28. The summed E-state index contributed by atoms with van der Waals surface area (Å²) in [5.41, 5.74) is 0.697. The molecule has 118 valence electrons. The Kier molecular flexibility index (Phi) is 8.50. The van der Waals surface area contributed by atoms with Crippen molar-refractivity contribution < 1.29 is 18.5 Å². The molecule has 0 radical (unpaired) electrons. The molecular weight excluding hydrogens is 309 g/mol. The predicted molar refractivity (Wildman–Crippen MR) is 88.3 cm³/mol. The summed E-state index contributed by atoms with van der Waals surface area (Å²) in [7, 11) is 0. The third-order valence-electron chi connectivity index (χ3n) is 2.27. The van der Waals surface area contributed by atoms with Crippen LogP contribution in [0.2, 0.25) is 0 Å². The van der Waals surface area contributed by atoms with Gasteiger partial charge in [0, 0.05) is 11.3 Å². The number of rotatable bonds is 10. The van der Waals surface area contributed by atoms with E-state index in [9.17, 15) is 4.57 Å². The highest BCUT2D eigenvalue weighted by molar-refractivity contribution is 8.55. The first-order valence-corrected chi connectivity index (χ1v) is 10.1. The molecule has 0 fully saturated rings. The summed E-state index contributed by atoms with van der Waals surface area (Å²) in [4.78, 5) is 4.94. The lowest BCUT2D eigenvalue weighted by Crippen LogP contribution is -1.98. The van der Waals surface area contributed by atoms with E-state index >= 15 is 0 Å². The summed E-state index contributed by atoms with van der Waals surface area (Å²) in [5.74, 6) is 1.19. The van der Waals surface area contributed by atoms with Crippen molar-refractivity contribution in [2.45, 2.75) is 27.2 Å². The van der Waals surface area contributed by atoms with E-state index in [0.29, 0.717) is 30.3 Å². The molecule has 0 aromatic heterocycles. The van der Waals surface area contributed by atoms with E-state index in [4.69, 9.17) is 13.9 Å². The fourth-order valence-electron chi connectivity index (χ4n) is 1.41. The first-order valence-electron chi connectivity index (χ1n) is 6.98. The van der Waals surface area contributed by atoms with Gasteiger partial charge in [0.15, 0.2) is 0 Å². The SMILES string of the molecule is CCCSP(=O)(OCC)Oc1ccccc1C=NOCC. The summed E-state index contributed by atoms with van der Waals surface area (Å²) < 4.78 is 23.7. The molecule has 0 saturated carbocycles. The topological polar surface area (TPSA) is 57.1 Å². The van der Waals surface area contributed by atoms with Gasteiger partial charge in [0.25, 0.3) is 0 Å². The van der Waals surface area contributed by atoms with Crippen molar-refractivity contribution in [2.24, 2.45) is 5.16 Å². The second kappa shape index (κ2) is 9.87. The van der Waals surface area contributed by atoms with Gasteiger partial charge in [-0.3, -0.25) is 4.52 Å². The predicted octanol–water partition coefficient (Wildman–Crippen LogP) is 4.72. The molecule has 1 atom stereocenters. The van der Waals surface area contributed by atoms with E-state index in [1.807, 2.05) is 32.0 Å². The zero-order valence-corrected chi connectivity index (χ0v) is 14.4. The van der Waals surface area contributed by atoms with Crippen molar-refractivity contribution in [1.82, 2.24) is 0 Å². The number of nitrogens with zero attached hydrogens (tertiary/aromatic N) is 1. The number of benzene rings is 1. The molecule has 0 saturated heterocycles. The Morgan fingerprint density at radius 2 is 2.00 bits per heavy atom. The van der Waals surface area contributed by atoms with Gasteiger partial charge in [-0.15, -0.1) is 0 Å². The second-order valence-electron chi connectivity index (χ2n) is 3.98. The first kappa shape index (κ1) is 18.1. The van der Waals surface area contributed by atoms with E-state index in [2.05, 4.69) is 5.16 Å². The van der Waals surface area contributed by atoms with Crippen molar-refractivity contribution >= 4 is 24.4 Å². The minimum Gasteiger partial charge on any atom is -0.416 e. The Morgan fingerprint density at radius 3 is 2.67 bits per heavy atom. The van der Waals surface area contributed by atoms with Crippen LogP contribution in [0.25, 0.3) is 0 Å². The number of hydrogen-bond donors (Lipinski definition) is 0. The van der Waals surface area contributed by atoms with Crippen LogP contribution in [0.3, 0.4) is 0 Å². The van der Waals surface area contributed by atoms with Gasteiger partial charge in [-0.05, 0) is 43.8 Å². The number of hydrogen-bond acceptors (Lipinski definition) is 6. The molecular formula is C14H22NO4PS. The number of oxime groups is 1. The van der Waals surface area contributed by atoms with Crippen LogP contribution in [-0.2, 0) is 13.9 Å². The molecule has 7 heteroatoms. The molecule has 0 amide bonds. The smallest absolute Gasteiger partial charge is 0.416 e. The van der Waals surface area contributed by atoms with Gasteiger partial charge >= 0.3 is 6.80 Å². The van der Waals surface area contributed by atoms with Gasteiger partial charge in [-0.2, -0.15) is 0 Å². The maximum absolute atomic E-state index is 12.7. The quantitative estimate of drug-likeness (QED) is 0.352. The fourth-order valence-corrected chi connectivity index (χ4v) is 4.88. The Bertz CT molecular complexity index is 496. The molecule has 1 unspecified atom stereocenters. The van der Waals surface area contributed by atoms with Gasteiger partial charge in [0.2, 0.25) is 0 Å². The Labute approximate surface area is 130 Å². The molecule has 1 aromatic rings. The van der Waals surface area contributed by atoms with E-state index in [-0.39, 0.29) is 0 Å². The summed E-state index contributed by atoms with van der Waals surface area (Å²) in [5, 5.41) is 3.82. The lowest BCUT2D eigenvalue weighted by Gasteiger charge is -2.18. The monoisotopic (exact) mass is 331 g/mol. The van der Waals surface area contributed by atoms with E-state index < -0.39 is 6.80 Å². The lowest BCUT2D eigenvalue weighted by molar-refractivity contribution is 0.160. The third-order valence-corrected chi connectivity index (χ3v) is 6.20. The maximum atomic E-state index is 12.7. The Balaban J connectivity index is 2.90. The van der Waals surface area contributed by atoms with Crippen LogP contribution in [-0.4, -0.2) is 25.2 Å². The highest BCUT2D eigenvalue weighted by Gasteiger charge is 2.27.